The van der Waals surface area contributed by atoms with Crippen LogP contribution in [0.5, 0.6) is 0 Å². The zero-order chi connectivity index (χ0) is 18.4. The summed E-state index contributed by atoms with van der Waals surface area (Å²) < 4.78 is 2.79. The van der Waals surface area contributed by atoms with Crippen LogP contribution in [-0.4, -0.2) is 45.1 Å². The minimum absolute atomic E-state index is 0.0848. The van der Waals surface area contributed by atoms with E-state index < -0.39 is 0 Å². The fourth-order valence-corrected chi connectivity index (χ4v) is 5.12. The lowest BCUT2D eigenvalue weighted by Crippen LogP contribution is -2.36. The predicted molar refractivity (Wildman–Crippen MR) is 101 cm³/mol. The van der Waals surface area contributed by atoms with Crippen molar-refractivity contribution in [2.24, 2.45) is 0 Å². The molecule has 2 aliphatic rings. The zero-order valence-corrected chi connectivity index (χ0v) is 16.1. The Morgan fingerprint density at radius 3 is 2.65 bits per heavy atom. The van der Waals surface area contributed by atoms with Gasteiger partial charge in [-0.1, -0.05) is 0 Å². The lowest BCUT2D eigenvalue weighted by Gasteiger charge is -2.21. The minimum atomic E-state index is -0.294. The van der Waals surface area contributed by atoms with Gasteiger partial charge in [-0.3, -0.25) is 9.69 Å². The molecule has 3 heterocycles. The van der Waals surface area contributed by atoms with Crippen molar-refractivity contribution >= 4 is 21.7 Å². The van der Waals surface area contributed by atoms with E-state index >= 15 is 0 Å². The number of halogens is 1. The molecule has 2 bridgehead atoms. The molecule has 2 aliphatic heterocycles. The zero-order valence-electron chi connectivity index (χ0n) is 14.5. The lowest BCUT2D eigenvalue weighted by atomic mass is 9.98. The van der Waals surface area contributed by atoms with Crippen LogP contribution in [0.25, 0.3) is 5.69 Å². The molecule has 1 N–H and O–H groups in total. The van der Waals surface area contributed by atoms with Crippen molar-refractivity contribution in [1.29, 1.82) is 5.26 Å². The highest BCUT2D eigenvalue weighted by molar-refractivity contribution is 9.10. The van der Waals surface area contributed by atoms with Crippen LogP contribution in [0.4, 0.5) is 0 Å². The summed E-state index contributed by atoms with van der Waals surface area (Å²) in [4.78, 5) is 15.1. The number of hydrogen-bond donors (Lipinski definition) is 1. The first-order chi connectivity index (χ1) is 12.5. The van der Waals surface area contributed by atoms with Gasteiger partial charge >= 0.3 is 0 Å². The van der Waals surface area contributed by atoms with Crippen LogP contribution in [0.3, 0.4) is 0 Å². The molecule has 2 aromatic rings. The second-order valence-corrected chi connectivity index (χ2v) is 7.97. The number of aliphatic hydroxyl groups excluding tert-OH is 1. The van der Waals surface area contributed by atoms with E-state index in [0.29, 0.717) is 23.7 Å². The summed E-state index contributed by atoms with van der Waals surface area (Å²) in [5, 5.41) is 19.0. The van der Waals surface area contributed by atoms with Crippen molar-refractivity contribution in [2.45, 2.75) is 44.4 Å². The Kier molecular flexibility index (Phi) is 4.47. The van der Waals surface area contributed by atoms with Crippen molar-refractivity contribution in [1.82, 2.24) is 9.47 Å². The Morgan fingerprint density at radius 2 is 2.08 bits per heavy atom. The van der Waals surface area contributed by atoms with Crippen molar-refractivity contribution in [3.8, 4) is 11.8 Å². The van der Waals surface area contributed by atoms with Crippen LogP contribution in [0.1, 0.15) is 40.9 Å². The molecule has 134 valence electrons. The molecule has 0 saturated carbocycles. The van der Waals surface area contributed by atoms with E-state index in [0.717, 1.165) is 35.2 Å². The summed E-state index contributed by atoms with van der Waals surface area (Å²) in [6.45, 7) is 2.29. The van der Waals surface area contributed by atoms with Gasteiger partial charge in [-0.05, 0) is 72.4 Å². The Labute approximate surface area is 161 Å². The van der Waals surface area contributed by atoms with Crippen molar-refractivity contribution in [2.75, 3.05) is 6.54 Å². The molecule has 1 aromatic carbocycles. The van der Waals surface area contributed by atoms with E-state index in [-0.39, 0.29) is 17.9 Å². The number of ketones is 1. The van der Waals surface area contributed by atoms with Crippen molar-refractivity contribution in [3.63, 3.8) is 0 Å². The summed E-state index contributed by atoms with van der Waals surface area (Å²) in [5.74, 6) is 0.0848. The highest BCUT2D eigenvalue weighted by Gasteiger charge is 2.46. The number of nitrogens with zero attached hydrogens (tertiary/aromatic N) is 3. The molecule has 1 aromatic heterocycles. The summed E-state index contributed by atoms with van der Waals surface area (Å²) in [7, 11) is 0. The number of nitriles is 1. The third kappa shape index (κ3) is 2.81. The van der Waals surface area contributed by atoms with Gasteiger partial charge in [0.1, 0.15) is 0 Å². The van der Waals surface area contributed by atoms with Crippen molar-refractivity contribution < 1.29 is 9.90 Å². The van der Waals surface area contributed by atoms with Crippen LogP contribution in [0.2, 0.25) is 0 Å². The smallest absolute Gasteiger partial charge is 0.178 e. The Balaban J connectivity index is 1.60. The highest BCUT2D eigenvalue weighted by atomic mass is 79.9. The third-order valence-corrected chi connectivity index (χ3v) is 6.32. The number of hydrogen-bond acceptors (Lipinski definition) is 4. The standard InChI is InChI=1S/C20H20BrN3O2/c1-12-16(19(26)11-23-15-6-7-17(23)18(25)8-15)9-20(21)24(12)14-4-2-13(10-22)3-5-14/h2-5,9,15,17-18,25H,6-8,11H2,1H3/t15?,17?,18-/m0/s1. The first kappa shape index (κ1) is 17.5. The average molecular weight is 414 g/mol. The number of aliphatic hydroxyl groups is 1. The lowest BCUT2D eigenvalue weighted by molar-refractivity contribution is 0.0873. The number of benzene rings is 1. The van der Waals surface area contributed by atoms with Gasteiger partial charge in [-0.2, -0.15) is 5.26 Å². The fourth-order valence-electron chi connectivity index (χ4n) is 4.42. The van der Waals surface area contributed by atoms with Gasteiger partial charge in [0.05, 0.1) is 28.9 Å². The van der Waals surface area contributed by atoms with E-state index in [1.807, 2.05) is 29.7 Å². The molecule has 0 spiro atoms. The highest BCUT2D eigenvalue weighted by Crippen LogP contribution is 2.38. The van der Waals surface area contributed by atoms with Crippen LogP contribution in [0.15, 0.2) is 34.9 Å². The van der Waals surface area contributed by atoms with Crippen LogP contribution in [-0.2, 0) is 0 Å². The number of rotatable bonds is 4. The van der Waals surface area contributed by atoms with Gasteiger partial charge in [0.15, 0.2) is 5.78 Å². The van der Waals surface area contributed by atoms with Crippen LogP contribution in [0, 0.1) is 18.3 Å². The molecule has 0 radical (unpaired) electrons. The molecule has 3 atom stereocenters. The van der Waals surface area contributed by atoms with E-state index in [1.54, 1.807) is 12.1 Å². The quantitative estimate of drug-likeness (QED) is 0.781. The molecule has 0 aliphatic carbocycles. The molecule has 26 heavy (non-hydrogen) atoms. The van der Waals surface area contributed by atoms with Gasteiger partial charge < -0.3 is 9.67 Å². The number of fused-ring (bicyclic) bond motifs is 2. The summed E-state index contributed by atoms with van der Waals surface area (Å²) in [5.41, 5.74) is 3.08. The summed E-state index contributed by atoms with van der Waals surface area (Å²) in [6, 6.07) is 11.7. The molecule has 2 saturated heterocycles. The number of carbonyl (C=O) groups excluding carboxylic acids is 1. The molecular weight excluding hydrogens is 394 g/mol. The van der Waals surface area contributed by atoms with Crippen LogP contribution >= 0.6 is 15.9 Å². The predicted octanol–water partition coefficient (Wildman–Crippen LogP) is 3.20. The first-order valence-electron chi connectivity index (χ1n) is 8.85. The molecule has 2 fully saturated rings. The molecule has 6 heteroatoms. The van der Waals surface area contributed by atoms with Gasteiger partial charge in [0, 0.05) is 29.0 Å². The van der Waals surface area contributed by atoms with E-state index in [9.17, 15) is 9.90 Å². The maximum atomic E-state index is 12.9. The van der Waals surface area contributed by atoms with Gasteiger partial charge in [-0.15, -0.1) is 0 Å². The fraction of sp³-hybridized carbons (Fsp3) is 0.400. The largest absolute Gasteiger partial charge is 0.391 e. The molecule has 0 amide bonds. The number of aromatic nitrogens is 1. The van der Waals surface area contributed by atoms with Crippen LogP contribution < -0.4 is 0 Å². The molecule has 5 nitrogen and oxygen atoms in total. The molecular formula is C20H20BrN3O2. The summed E-state index contributed by atoms with van der Waals surface area (Å²) in [6.07, 6.45) is 2.54. The van der Waals surface area contributed by atoms with Gasteiger partial charge in [0.2, 0.25) is 0 Å². The van der Waals surface area contributed by atoms with E-state index in [4.69, 9.17) is 5.26 Å². The maximum absolute atomic E-state index is 12.9. The Morgan fingerprint density at radius 1 is 1.35 bits per heavy atom. The summed E-state index contributed by atoms with van der Waals surface area (Å²) >= 11 is 3.56. The van der Waals surface area contributed by atoms with E-state index in [2.05, 4.69) is 26.9 Å². The second-order valence-electron chi connectivity index (χ2n) is 7.16. The third-order valence-electron chi connectivity index (χ3n) is 5.73. The Bertz CT molecular complexity index is 897. The van der Waals surface area contributed by atoms with E-state index in [1.165, 1.54) is 0 Å². The SMILES string of the molecule is Cc1c(C(=O)CN2C3CCC2[C@@H](O)C3)cc(Br)n1-c1ccc(C#N)cc1. The average Bonchev–Trinajstić information content (AvgIpc) is 3.25. The molecule has 2 unspecified atom stereocenters. The molecule has 4 rings (SSSR count). The number of carbonyl (C=O) groups is 1. The topological polar surface area (TPSA) is 69.3 Å². The monoisotopic (exact) mass is 413 g/mol. The first-order valence-corrected chi connectivity index (χ1v) is 9.64. The Hall–Kier alpha value is -1.94. The van der Waals surface area contributed by atoms with Crippen molar-refractivity contribution in [3.05, 3.63) is 51.8 Å². The minimum Gasteiger partial charge on any atom is -0.391 e. The van der Waals surface area contributed by atoms with Gasteiger partial charge in [0.25, 0.3) is 0 Å². The second kappa shape index (κ2) is 6.66. The number of Topliss-reactive ketones (excluding diaryl/α,β-unsaturated/α-hetero) is 1. The van der Waals surface area contributed by atoms with Gasteiger partial charge in [-0.25, -0.2) is 0 Å². The normalized spacial score (nSPS) is 24.8. The maximum Gasteiger partial charge on any atom is 0.178 e.